The Morgan fingerprint density at radius 2 is 2.13 bits per heavy atom. The first-order valence-electron chi connectivity index (χ1n) is 7.43. The van der Waals surface area contributed by atoms with E-state index >= 15 is 0 Å². The molecule has 0 bridgehead atoms. The number of halogens is 1. The van der Waals surface area contributed by atoms with Crippen LogP contribution in [-0.2, 0) is 16.1 Å². The number of carbonyl (C=O) groups is 3. The van der Waals surface area contributed by atoms with Crippen molar-refractivity contribution in [2.45, 2.75) is 31.8 Å². The molecule has 3 rings (SSSR count). The number of carbonyl (C=O) groups excluding carboxylic acids is 3. The maximum Gasteiger partial charge on any atom is 0.255 e. The molecule has 1 atom stereocenters. The van der Waals surface area contributed by atoms with Crippen LogP contribution in [-0.4, -0.2) is 34.0 Å². The van der Waals surface area contributed by atoms with Crippen LogP contribution in [0, 0.1) is 11.8 Å². The predicted octanol–water partition coefficient (Wildman–Crippen LogP) is 1.58. The van der Waals surface area contributed by atoms with E-state index in [0.717, 1.165) is 22.9 Å². The van der Waals surface area contributed by atoms with Gasteiger partial charge in [-0.1, -0.05) is 33.8 Å². The van der Waals surface area contributed by atoms with Crippen LogP contribution in [0.3, 0.4) is 0 Å². The fraction of sp³-hybridized carbons (Fsp3) is 0.353. The van der Waals surface area contributed by atoms with Gasteiger partial charge in [-0.25, -0.2) is 0 Å². The van der Waals surface area contributed by atoms with Gasteiger partial charge in [0.2, 0.25) is 11.8 Å². The predicted molar refractivity (Wildman–Crippen MR) is 87.8 cm³/mol. The van der Waals surface area contributed by atoms with Gasteiger partial charge in [0, 0.05) is 35.8 Å². The Balaban J connectivity index is 1.87. The standard InChI is InChI=1S/C17H15BrN2O3/c18-9-2-1-4-11-5-3-6-12-13(11)10-20(17(12)23)14-7-8-15(21)19-16(14)22/h3,5-6,14H,2,7-10H2,(H,19,21,22). The van der Waals surface area contributed by atoms with Gasteiger partial charge in [-0.3, -0.25) is 19.7 Å². The lowest BCUT2D eigenvalue weighted by atomic mass is 10.0. The molecule has 0 spiro atoms. The molecule has 2 aliphatic heterocycles. The van der Waals surface area contributed by atoms with Gasteiger partial charge in [-0.05, 0) is 24.1 Å². The number of amides is 3. The minimum atomic E-state index is -0.587. The molecule has 0 aromatic heterocycles. The first kappa shape index (κ1) is 15.8. The summed E-state index contributed by atoms with van der Waals surface area (Å²) in [6.45, 7) is 0.361. The molecule has 23 heavy (non-hydrogen) atoms. The number of nitrogens with one attached hydrogen (secondary N) is 1. The minimum absolute atomic E-state index is 0.168. The van der Waals surface area contributed by atoms with Crippen molar-refractivity contribution in [3.8, 4) is 11.8 Å². The third-order valence-electron chi connectivity index (χ3n) is 4.02. The first-order valence-corrected chi connectivity index (χ1v) is 8.55. The molecular weight excluding hydrogens is 360 g/mol. The van der Waals surface area contributed by atoms with E-state index in [-0.39, 0.29) is 18.2 Å². The Morgan fingerprint density at radius 1 is 1.30 bits per heavy atom. The van der Waals surface area contributed by atoms with Crippen molar-refractivity contribution < 1.29 is 14.4 Å². The summed E-state index contributed by atoms with van der Waals surface area (Å²) in [5.41, 5.74) is 2.29. The van der Waals surface area contributed by atoms with Crippen molar-refractivity contribution in [3.05, 3.63) is 34.9 Å². The topological polar surface area (TPSA) is 66.5 Å². The molecule has 6 heteroatoms. The quantitative estimate of drug-likeness (QED) is 0.485. The summed E-state index contributed by atoms with van der Waals surface area (Å²) >= 11 is 3.33. The molecule has 5 nitrogen and oxygen atoms in total. The largest absolute Gasteiger partial charge is 0.322 e. The van der Waals surface area contributed by atoms with Gasteiger partial charge in [0.25, 0.3) is 5.91 Å². The van der Waals surface area contributed by atoms with Crippen molar-refractivity contribution in [2.24, 2.45) is 0 Å². The highest BCUT2D eigenvalue weighted by Gasteiger charge is 2.39. The lowest BCUT2D eigenvalue weighted by Gasteiger charge is -2.29. The molecule has 1 N–H and O–H groups in total. The first-order chi connectivity index (χ1) is 11.1. The Kier molecular flexibility index (Phi) is 4.49. The van der Waals surface area contributed by atoms with Crippen LogP contribution < -0.4 is 5.32 Å². The molecule has 0 aliphatic carbocycles. The highest BCUT2D eigenvalue weighted by Crippen LogP contribution is 2.29. The maximum atomic E-state index is 12.6. The van der Waals surface area contributed by atoms with E-state index in [1.165, 1.54) is 0 Å². The number of nitrogens with zero attached hydrogens (tertiary/aromatic N) is 1. The summed E-state index contributed by atoms with van der Waals surface area (Å²) in [5.74, 6) is 5.31. The molecule has 1 saturated heterocycles. The third kappa shape index (κ3) is 3.02. The van der Waals surface area contributed by atoms with E-state index in [1.807, 2.05) is 12.1 Å². The number of hydrogen-bond donors (Lipinski definition) is 1. The molecule has 3 amide bonds. The van der Waals surface area contributed by atoms with E-state index in [1.54, 1.807) is 11.0 Å². The van der Waals surface area contributed by atoms with Gasteiger partial charge in [0.15, 0.2) is 0 Å². The van der Waals surface area contributed by atoms with Crippen LogP contribution in [0.4, 0.5) is 0 Å². The Bertz CT molecular complexity index is 748. The second-order valence-corrected chi connectivity index (χ2v) is 6.27. The summed E-state index contributed by atoms with van der Waals surface area (Å²) in [6.07, 6.45) is 1.36. The normalized spacial score (nSPS) is 20.0. The number of alkyl halides is 1. The van der Waals surface area contributed by atoms with Crippen LogP contribution in [0.5, 0.6) is 0 Å². The Hall–Kier alpha value is -2.13. The van der Waals surface area contributed by atoms with Crippen molar-refractivity contribution in [1.82, 2.24) is 10.2 Å². The summed E-state index contributed by atoms with van der Waals surface area (Å²) < 4.78 is 0. The zero-order chi connectivity index (χ0) is 16.4. The number of hydrogen-bond acceptors (Lipinski definition) is 3. The van der Waals surface area contributed by atoms with E-state index < -0.39 is 11.9 Å². The average molecular weight is 375 g/mol. The summed E-state index contributed by atoms with van der Waals surface area (Å²) in [5, 5.41) is 3.11. The molecule has 2 heterocycles. The second-order valence-electron chi connectivity index (χ2n) is 5.47. The number of rotatable bonds is 2. The lowest BCUT2D eigenvalue weighted by Crippen LogP contribution is -2.52. The van der Waals surface area contributed by atoms with E-state index in [2.05, 4.69) is 33.1 Å². The van der Waals surface area contributed by atoms with E-state index in [4.69, 9.17) is 0 Å². The molecule has 1 fully saturated rings. The van der Waals surface area contributed by atoms with Crippen LogP contribution >= 0.6 is 15.9 Å². The molecule has 0 radical (unpaired) electrons. The number of imide groups is 1. The van der Waals surface area contributed by atoms with Crippen LogP contribution in [0.2, 0.25) is 0 Å². The lowest BCUT2D eigenvalue weighted by molar-refractivity contribution is -0.136. The second kappa shape index (κ2) is 6.55. The van der Waals surface area contributed by atoms with Crippen molar-refractivity contribution in [2.75, 3.05) is 5.33 Å². The van der Waals surface area contributed by atoms with E-state index in [0.29, 0.717) is 18.5 Å². The molecule has 1 aromatic rings. The third-order valence-corrected chi connectivity index (χ3v) is 4.42. The smallest absolute Gasteiger partial charge is 0.255 e. The zero-order valence-electron chi connectivity index (χ0n) is 12.4. The van der Waals surface area contributed by atoms with Gasteiger partial charge >= 0.3 is 0 Å². The maximum absolute atomic E-state index is 12.6. The average Bonchev–Trinajstić information content (AvgIpc) is 2.86. The fourth-order valence-electron chi connectivity index (χ4n) is 2.91. The fourth-order valence-corrected chi connectivity index (χ4v) is 3.11. The molecule has 1 unspecified atom stereocenters. The highest BCUT2D eigenvalue weighted by atomic mass is 79.9. The highest BCUT2D eigenvalue weighted by molar-refractivity contribution is 9.09. The summed E-state index contributed by atoms with van der Waals surface area (Å²) in [4.78, 5) is 37.5. The van der Waals surface area contributed by atoms with Gasteiger partial charge in [0.1, 0.15) is 6.04 Å². The van der Waals surface area contributed by atoms with Crippen molar-refractivity contribution >= 4 is 33.7 Å². The van der Waals surface area contributed by atoms with Crippen LogP contribution in [0.25, 0.3) is 0 Å². The summed E-state index contributed by atoms with van der Waals surface area (Å²) in [7, 11) is 0. The monoisotopic (exact) mass is 374 g/mol. The Labute approximate surface area is 142 Å². The molecular formula is C17H15BrN2O3. The van der Waals surface area contributed by atoms with Crippen LogP contribution in [0.15, 0.2) is 18.2 Å². The van der Waals surface area contributed by atoms with Gasteiger partial charge in [-0.15, -0.1) is 0 Å². The summed E-state index contributed by atoms with van der Waals surface area (Å²) in [6, 6.07) is 4.87. The number of piperidine rings is 1. The van der Waals surface area contributed by atoms with Gasteiger partial charge < -0.3 is 4.90 Å². The zero-order valence-corrected chi connectivity index (χ0v) is 14.0. The van der Waals surface area contributed by atoms with Crippen LogP contribution in [0.1, 0.15) is 40.7 Å². The molecule has 1 aromatic carbocycles. The molecule has 118 valence electrons. The molecule has 2 aliphatic rings. The number of benzene rings is 1. The SMILES string of the molecule is O=C1CCC(N2Cc3c(C#CCCBr)cccc3C2=O)C(=O)N1. The van der Waals surface area contributed by atoms with Crippen molar-refractivity contribution in [3.63, 3.8) is 0 Å². The minimum Gasteiger partial charge on any atom is -0.322 e. The van der Waals surface area contributed by atoms with Gasteiger partial charge in [0.05, 0.1) is 0 Å². The molecule has 0 saturated carbocycles. The van der Waals surface area contributed by atoms with E-state index in [9.17, 15) is 14.4 Å². The number of fused-ring (bicyclic) bond motifs is 1. The van der Waals surface area contributed by atoms with Gasteiger partial charge in [-0.2, -0.15) is 0 Å². The van der Waals surface area contributed by atoms with Crippen molar-refractivity contribution in [1.29, 1.82) is 0 Å². The Morgan fingerprint density at radius 3 is 2.87 bits per heavy atom.